The molecule has 6 heteroatoms. The van der Waals surface area contributed by atoms with Crippen molar-refractivity contribution in [3.8, 4) is 0 Å². The number of rotatable bonds is 44. The average Bonchev–Trinajstić information content (AvgIpc) is 3.23. The first-order chi connectivity index (χ1) is 29.0. The normalized spacial score (nSPS) is 13.8. The molecule has 0 aromatic rings. The van der Waals surface area contributed by atoms with Gasteiger partial charge in [-0.2, -0.15) is 0 Å². The minimum Gasteiger partial charge on any atom is -0.462 e. The highest BCUT2D eigenvalue weighted by atomic mass is 16.5. The van der Waals surface area contributed by atoms with E-state index in [1.54, 1.807) is 0 Å². The minimum absolute atomic E-state index is 0.0487. The number of carbonyl (C=O) groups excluding carboxylic acids is 2. The van der Waals surface area contributed by atoms with Gasteiger partial charge in [-0.15, -0.1) is 0 Å². The Hall–Kier alpha value is -2.44. The lowest BCUT2D eigenvalue weighted by Crippen LogP contribution is -2.46. The Morgan fingerprint density at radius 1 is 0.508 bits per heavy atom. The molecule has 0 saturated heterocycles. The maximum absolute atomic E-state index is 13.2. The number of hydrogen-bond acceptors (Lipinski definition) is 5. The number of aliphatic hydroxyl groups is 2. The van der Waals surface area contributed by atoms with Crippen LogP contribution in [0.4, 0.5) is 0 Å². The van der Waals surface area contributed by atoms with Gasteiger partial charge in [-0.1, -0.05) is 216 Å². The molecule has 3 atom stereocenters. The van der Waals surface area contributed by atoms with Crippen molar-refractivity contribution in [2.75, 3.05) is 6.61 Å². The number of allylic oxidation sites excluding steroid dienone is 10. The SMILES string of the molecule is CC/C=C/C=C/C=C/C=C\CCCCCC(CC(=O)NC(CO)C(O)CCCCCCCCCCCC)OC(=O)CCCCCCCCC/C=C/CCCCCCCC. The quantitative estimate of drug-likeness (QED) is 0.0246. The Morgan fingerprint density at radius 2 is 0.932 bits per heavy atom. The highest BCUT2D eigenvalue weighted by Gasteiger charge is 2.24. The molecule has 0 heterocycles. The molecule has 0 spiro atoms. The van der Waals surface area contributed by atoms with Crippen molar-refractivity contribution in [3.05, 3.63) is 60.8 Å². The molecular formula is C53H95NO5. The van der Waals surface area contributed by atoms with Gasteiger partial charge in [0.15, 0.2) is 0 Å². The van der Waals surface area contributed by atoms with Crippen molar-refractivity contribution in [1.29, 1.82) is 0 Å². The third kappa shape index (κ3) is 42.1. The van der Waals surface area contributed by atoms with Gasteiger partial charge in [-0.25, -0.2) is 0 Å². The smallest absolute Gasteiger partial charge is 0.306 e. The van der Waals surface area contributed by atoms with Crippen LogP contribution in [-0.4, -0.2) is 46.9 Å². The van der Waals surface area contributed by atoms with Gasteiger partial charge in [0.2, 0.25) is 5.91 Å². The molecule has 59 heavy (non-hydrogen) atoms. The van der Waals surface area contributed by atoms with Gasteiger partial charge < -0.3 is 20.3 Å². The van der Waals surface area contributed by atoms with E-state index in [0.717, 1.165) is 70.6 Å². The minimum atomic E-state index is -0.799. The predicted octanol–water partition coefficient (Wildman–Crippen LogP) is 14.8. The molecule has 0 saturated carbocycles. The van der Waals surface area contributed by atoms with Crippen LogP contribution in [-0.2, 0) is 14.3 Å². The molecule has 0 rings (SSSR count). The van der Waals surface area contributed by atoms with Gasteiger partial charge in [-0.3, -0.25) is 9.59 Å². The highest BCUT2D eigenvalue weighted by molar-refractivity contribution is 5.77. The van der Waals surface area contributed by atoms with Gasteiger partial charge in [-0.05, 0) is 70.6 Å². The van der Waals surface area contributed by atoms with E-state index in [-0.39, 0.29) is 24.9 Å². The fourth-order valence-electron chi connectivity index (χ4n) is 7.38. The average molecular weight is 826 g/mol. The Labute approximate surface area is 365 Å². The molecule has 0 aliphatic carbocycles. The monoisotopic (exact) mass is 826 g/mol. The summed E-state index contributed by atoms with van der Waals surface area (Å²) in [5, 5.41) is 23.7. The van der Waals surface area contributed by atoms with E-state index in [4.69, 9.17) is 4.74 Å². The maximum Gasteiger partial charge on any atom is 0.306 e. The number of aliphatic hydroxyl groups excluding tert-OH is 2. The molecule has 0 aromatic heterocycles. The lowest BCUT2D eigenvalue weighted by molar-refractivity contribution is -0.151. The molecule has 3 N–H and O–H groups in total. The van der Waals surface area contributed by atoms with Crippen molar-refractivity contribution in [2.45, 2.75) is 257 Å². The summed E-state index contributed by atoms with van der Waals surface area (Å²) in [5.41, 5.74) is 0. The summed E-state index contributed by atoms with van der Waals surface area (Å²) >= 11 is 0. The Balaban J connectivity index is 4.62. The van der Waals surface area contributed by atoms with Crippen LogP contribution in [0.3, 0.4) is 0 Å². The fourth-order valence-corrected chi connectivity index (χ4v) is 7.38. The summed E-state index contributed by atoms with van der Waals surface area (Å²) in [4.78, 5) is 26.1. The number of unbranched alkanes of at least 4 members (excludes halogenated alkanes) is 25. The van der Waals surface area contributed by atoms with Crippen molar-refractivity contribution >= 4 is 11.9 Å². The number of ether oxygens (including phenoxy) is 1. The van der Waals surface area contributed by atoms with E-state index in [1.807, 2.05) is 24.3 Å². The second-order valence-corrected chi connectivity index (χ2v) is 16.9. The van der Waals surface area contributed by atoms with Crippen LogP contribution in [0.25, 0.3) is 0 Å². The lowest BCUT2D eigenvalue weighted by atomic mass is 10.0. The lowest BCUT2D eigenvalue weighted by Gasteiger charge is -2.24. The van der Waals surface area contributed by atoms with Crippen LogP contribution in [0.1, 0.15) is 239 Å². The van der Waals surface area contributed by atoms with Gasteiger partial charge >= 0.3 is 5.97 Å². The third-order valence-electron chi connectivity index (χ3n) is 11.2. The molecule has 0 aliphatic heterocycles. The first-order valence-electron chi connectivity index (χ1n) is 25.1. The first kappa shape index (κ1) is 56.6. The first-order valence-corrected chi connectivity index (χ1v) is 25.1. The maximum atomic E-state index is 13.2. The van der Waals surface area contributed by atoms with Gasteiger partial charge in [0.05, 0.1) is 25.2 Å². The zero-order valence-corrected chi connectivity index (χ0v) is 38.9. The van der Waals surface area contributed by atoms with Crippen LogP contribution < -0.4 is 5.32 Å². The van der Waals surface area contributed by atoms with Crippen molar-refractivity contribution < 1.29 is 24.5 Å². The summed E-state index contributed by atoms with van der Waals surface area (Å²) in [6.07, 6.45) is 57.1. The van der Waals surface area contributed by atoms with E-state index < -0.39 is 18.2 Å². The number of nitrogens with one attached hydrogen (secondary N) is 1. The standard InChI is InChI=1S/C53H95NO5/c1-4-7-10-13-16-19-22-24-25-26-27-29-31-34-37-40-43-46-53(58)59-49(44-41-38-35-32-30-28-23-20-17-14-11-8-5-2)47-52(57)54-50(48-55)51(56)45-42-39-36-33-21-18-15-12-9-6-3/h8,11,14,17,20,23-25,28,30,49-51,55-56H,4-7,9-10,12-13,15-16,18-19,21-22,26-27,29,31-48H2,1-3H3,(H,54,57)/b11-8+,17-14+,23-20+,25-24+,30-28-. The number of carbonyl (C=O) groups is 2. The summed E-state index contributed by atoms with van der Waals surface area (Å²) in [5.74, 6) is -0.518. The zero-order chi connectivity index (χ0) is 43.1. The molecule has 0 aliphatic rings. The molecule has 3 unspecified atom stereocenters. The second-order valence-electron chi connectivity index (χ2n) is 16.9. The molecule has 0 radical (unpaired) electrons. The van der Waals surface area contributed by atoms with E-state index in [9.17, 15) is 19.8 Å². The molecule has 1 amide bonds. The van der Waals surface area contributed by atoms with Crippen LogP contribution >= 0.6 is 0 Å². The predicted molar refractivity (Wildman–Crippen MR) is 255 cm³/mol. The number of amides is 1. The van der Waals surface area contributed by atoms with Crippen LogP contribution in [0, 0.1) is 0 Å². The van der Waals surface area contributed by atoms with Crippen LogP contribution in [0.5, 0.6) is 0 Å². The van der Waals surface area contributed by atoms with Crippen LogP contribution in [0.15, 0.2) is 60.8 Å². The Bertz CT molecular complexity index is 1060. The molecule has 342 valence electrons. The fraction of sp³-hybridized carbons (Fsp3) is 0.774. The topological polar surface area (TPSA) is 95.9 Å². The van der Waals surface area contributed by atoms with Crippen LogP contribution in [0.2, 0.25) is 0 Å². The van der Waals surface area contributed by atoms with Crippen molar-refractivity contribution in [1.82, 2.24) is 5.32 Å². The highest BCUT2D eigenvalue weighted by Crippen LogP contribution is 2.17. The van der Waals surface area contributed by atoms with Gasteiger partial charge in [0.25, 0.3) is 0 Å². The molecule has 6 nitrogen and oxygen atoms in total. The van der Waals surface area contributed by atoms with Gasteiger partial charge in [0.1, 0.15) is 6.10 Å². The zero-order valence-electron chi connectivity index (χ0n) is 38.9. The molecule has 0 bridgehead atoms. The summed E-state index contributed by atoms with van der Waals surface area (Å²) in [6.45, 7) is 6.31. The Morgan fingerprint density at radius 3 is 1.46 bits per heavy atom. The van der Waals surface area contributed by atoms with E-state index >= 15 is 0 Å². The number of hydrogen-bond donors (Lipinski definition) is 3. The molecule has 0 fully saturated rings. The summed E-state index contributed by atoms with van der Waals surface area (Å²) in [6, 6.07) is -0.715. The van der Waals surface area contributed by atoms with Gasteiger partial charge in [0, 0.05) is 6.42 Å². The van der Waals surface area contributed by atoms with Crippen molar-refractivity contribution in [2.24, 2.45) is 0 Å². The molecule has 0 aromatic carbocycles. The molecular weight excluding hydrogens is 731 g/mol. The van der Waals surface area contributed by atoms with E-state index in [1.165, 1.54) is 122 Å². The largest absolute Gasteiger partial charge is 0.462 e. The second kappa shape index (κ2) is 46.6. The van der Waals surface area contributed by atoms with E-state index in [2.05, 4.69) is 62.5 Å². The summed E-state index contributed by atoms with van der Waals surface area (Å²) < 4.78 is 5.91. The van der Waals surface area contributed by atoms with Crippen molar-refractivity contribution in [3.63, 3.8) is 0 Å². The van der Waals surface area contributed by atoms with E-state index in [0.29, 0.717) is 19.3 Å². The third-order valence-corrected chi connectivity index (χ3v) is 11.2. The number of esters is 1. The summed E-state index contributed by atoms with van der Waals surface area (Å²) in [7, 11) is 0. The Kier molecular flexibility index (Phi) is 44.7.